The van der Waals surface area contributed by atoms with Crippen molar-refractivity contribution in [3.63, 3.8) is 0 Å². The molecule has 186 valence electrons. The molecule has 0 bridgehead atoms. The highest BCUT2D eigenvalue weighted by Gasteiger charge is 2.28. The number of ether oxygens (including phenoxy) is 2. The molecule has 0 saturated carbocycles. The van der Waals surface area contributed by atoms with Gasteiger partial charge in [0.05, 0.1) is 24.5 Å². The monoisotopic (exact) mass is 494 g/mol. The van der Waals surface area contributed by atoms with Gasteiger partial charge in [0.2, 0.25) is 15.9 Å². The summed E-state index contributed by atoms with van der Waals surface area (Å²) in [6, 6.07) is 4.64. The van der Waals surface area contributed by atoms with Crippen LogP contribution in [0.5, 0.6) is 0 Å². The van der Waals surface area contributed by atoms with Crippen LogP contribution in [0.3, 0.4) is 0 Å². The Morgan fingerprint density at radius 3 is 2.68 bits per heavy atom. The lowest BCUT2D eigenvalue weighted by atomic mass is 10.2. The molecule has 1 saturated heterocycles. The summed E-state index contributed by atoms with van der Waals surface area (Å²) in [4.78, 5) is 29.0. The number of anilines is 1. The maximum Gasteiger partial charge on any atom is 0.307 e. The second-order valence-electron chi connectivity index (χ2n) is 7.97. The minimum absolute atomic E-state index is 0.0160. The predicted molar refractivity (Wildman–Crippen MR) is 122 cm³/mol. The quantitative estimate of drug-likeness (QED) is 0.490. The van der Waals surface area contributed by atoms with E-state index in [1.807, 2.05) is 6.92 Å². The van der Waals surface area contributed by atoms with Crippen molar-refractivity contribution >= 4 is 27.6 Å². The number of aryl methyl sites for hydroxylation is 3. The molecule has 2 aromatic rings. The molecule has 1 N–H and O–H groups in total. The third-order valence-electron chi connectivity index (χ3n) is 5.25. The van der Waals surface area contributed by atoms with Gasteiger partial charge in [-0.2, -0.15) is 9.29 Å². The topological polar surface area (TPSA) is 141 Å². The molecule has 1 aliphatic heterocycles. The number of hydrogen-bond acceptors (Lipinski definition) is 9. The summed E-state index contributed by atoms with van der Waals surface area (Å²) in [5.74, 6) is -0.231. The second-order valence-corrected chi connectivity index (χ2v) is 9.88. The zero-order valence-corrected chi connectivity index (χ0v) is 20.4. The summed E-state index contributed by atoms with van der Waals surface area (Å²) in [5.41, 5.74) is 0.853. The van der Waals surface area contributed by atoms with Crippen molar-refractivity contribution in [2.45, 2.75) is 57.5 Å². The Hall–Kier alpha value is -2.83. The highest BCUT2D eigenvalue weighted by molar-refractivity contribution is 7.89. The number of esters is 1. The van der Waals surface area contributed by atoms with Gasteiger partial charge in [-0.25, -0.2) is 8.42 Å². The lowest BCUT2D eigenvalue weighted by Crippen LogP contribution is -2.40. The Kier molecular flexibility index (Phi) is 8.75. The van der Waals surface area contributed by atoms with Crippen LogP contribution in [-0.2, 0) is 41.9 Å². The van der Waals surface area contributed by atoms with Crippen molar-refractivity contribution in [2.24, 2.45) is 0 Å². The zero-order chi connectivity index (χ0) is 24.7. The first kappa shape index (κ1) is 25.8. The van der Waals surface area contributed by atoms with Gasteiger partial charge < -0.3 is 19.3 Å². The molecule has 1 aromatic heterocycles. The average Bonchev–Trinajstić information content (AvgIpc) is 3.27. The van der Waals surface area contributed by atoms with Crippen LogP contribution in [0, 0.1) is 6.92 Å². The standard InChI is InChI=1S/C22H30N4O7S/c1-4-5-19-24-20(33-25-19)8-9-21(27)32-16(3)22(28)23-17-7-6-15(2)18(14-17)34(29,30)26-10-12-31-13-11-26/h6-7,14,16H,4-5,8-13H2,1-3H3,(H,23,28). The number of nitrogens with one attached hydrogen (secondary N) is 1. The minimum atomic E-state index is -3.73. The molecule has 1 amide bonds. The van der Waals surface area contributed by atoms with Gasteiger partial charge in [0.1, 0.15) is 0 Å². The van der Waals surface area contributed by atoms with E-state index in [-0.39, 0.29) is 30.8 Å². The minimum Gasteiger partial charge on any atom is -0.453 e. The van der Waals surface area contributed by atoms with E-state index in [9.17, 15) is 18.0 Å². The van der Waals surface area contributed by atoms with Crippen molar-refractivity contribution < 1.29 is 32.0 Å². The molecule has 1 unspecified atom stereocenters. The van der Waals surface area contributed by atoms with E-state index in [0.29, 0.717) is 42.6 Å². The van der Waals surface area contributed by atoms with E-state index in [1.54, 1.807) is 19.1 Å². The van der Waals surface area contributed by atoms with Gasteiger partial charge in [-0.3, -0.25) is 9.59 Å². The van der Waals surface area contributed by atoms with Crippen LogP contribution in [-0.4, -0.2) is 67.1 Å². The molecule has 1 atom stereocenters. The van der Waals surface area contributed by atoms with Crippen molar-refractivity contribution in [1.82, 2.24) is 14.4 Å². The Morgan fingerprint density at radius 2 is 1.97 bits per heavy atom. The van der Waals surface area contributed by atoms with Gasteiger partial charge in [-0.1, -0.05) is 18.1 Å². The number of carbonyl (C=O) groups is 2. The SMILES string of the molecule is CCCc1noc(CCC(=O)OC(C)C(=O)Nc2ccc(C)c(S(=O)(=O)N3CCOCC3)c2)n1. The van der Waals surface area contributed by atoms with Crippen molar-refractivity contribution in [1.29, 1.82) is 0 Å². The number of sulfonamides is 1. The first-order chi connectivity index (χ1) is 16.2. The smallest absolute Gasteiger partial charge is 0.307 e. The van der Waals surface area contributed by atoms with Gasteiger partial charge in [0, 0.05) is 31.6 Å². The van der Waals surface area contributed by atoms with Crippen LogP contribution in [0.15, 0.2) is 27.6 Å². The maximum atomic E-state index is 13.0. The first-order valence-corrected chi connectivity index (χ1v) is 12.6. The predicted octanol–water partition coefficient (Wildman–Crippen LogP) is 1.85. The van der Waals surface area contributed by atoms with Crippen LogP contribution in [0.25, 0.3) is 0 Å². The van der Waals surface area contributed by atoms with Gasteiger partial charge in [0.25, 0.3) is 5.91 Å². The number of hydrogen-bond donors (Lipinski definition) is 1. The molecule has 0 aliphatic carbocycles. The fraction of sp³-hybridized carbons (Fsp3) is 0.545. The number of amides is 1. The normalized spacial score (nSPS) is 15.6. The average molecular weight is 495 g/mol. The molecule has 0 spiro atoms. The fourth-order valence-electron chi connectivity index (χ4n) is 3.36. The Labute approximate surface area is 198 Å². The summed E-state index contributed by atoms with van der Waals surface area (Å²) >= 11 is 0. The molecule has 3 rings (SSSR count). The van der Waals surface area contributed by atoms with Crippen molar-refractivity contribution in [2.75, 3.05) is 31.6 Å². The number of carbonyl (C=O) groups excluding carboxylic acids is 2. The third-order valence-corrected chi connectivity index (χ3v) is 7.29. The third kappa shape index (κ3) is 6.61. The molecule has 12 heteroatoms. The highest BCUT2D eigenvalue weighted by atomic mass is 32.2. The molecule has 11 nitrogen and oxygen atoms in total. The lowest BCUT2D eigenvalue weighted by molar-refractivity contribution is -0.153. The largest absolute Gasteiger partial charge is 0.453 e. The molecule has 1 aromatic carbocycles. The highest BCUT2D eigenvalue weighted by Crippen LogP contribution is 2.24. The molecule has 34 heavy (non-hydrogen) atoms. The van der Waals surface area contributed by atoms with Crippen LogP contribution < -0.4 is 5.32 Å². The molecular formula is C22H30N4O7S. The van der Waals surface area contributed by atoms with Gasteiger partial charge in [0.15, 0.2) is 11.9 Å². The fourth-order valence-corrected chi connectivity index (χ4v) is 5.02. The molecule has 1 aliphatic rings. The summed E-state index contributed by atoms with van der Waals surface area (Å²) in [6.07, 6.45) is 0.698. The van der Waals surface area contributed by atoms with Gasteiger partial charge >= 0.3 is 5.97 Å². The maximum absolute atomic E-state index is 13.0. The van der Waals surface area contributed by atoms with Gasteiger partial charge in [-0.05, 0) is 38.0 Å². The van der Waals surface area contributed by atoms with Gasteiger partial charge in [-0.15, -0.1) is 0 Å². The Balaban J connectivity index is 1.56. The van der Waals surface area contributed by atoms with E-state index in [0.717, 1.165) is 6.42 Å². The number of morpholine rings is 1. The summed E-state index contributed by atoms with van der Waals surface area (Å²) in [6.45, 7) is 6.36. The number of aromatic nitrogens is 2. The van der Waals surface area contributed by atoms with Crippen LogP contribution in [0.1, 0.15) is 44.0 Å². The Bertz CT molecular complexity index is 1110. The zero-order valence-electron chi connectivity index (χ0n) is 19.6. The van der Waals surface area contributed by atoms with E-state index in [4.69, 9.17) is 14.0 Å². The van der Waals surface area contributed by atoms with Crippen LogP contribution in [0.4, 0.5) is 5.69 Å². The molecular weight excluding hydrogens is 464 g/mol. The van der Waals surface area contributed by atoms with E-state index in [1.165, 1.54) is 17.3 Å². The van der Waals surface area contributed by atoms with Crippen molar-refractivity contribution in [3.05, 3.63) is 35.5 Å². The summed E-state index contributed by atoms with van der Waals surface area (Å²) in [5, 5.41) is 6.44. The first-order valence-electron chi connectivity index (χ1n) is 11.2. The Morgan fingerprint density at radius 1 is 1.24 bits per heavy atom. The van der Waals surface area contributed by atoms with E-state index >= 15 is 0 Å². The number of benzene rings is 1. The van der Waals surface area contributed by atoms with Crippen molar-refractivity contribution in [3.8, 4) is 0 Å². The van der Waals surface area contributed by atoms with E-state index < -0.39 is 28.0 Å². The van der Waals surface area contributed by atoms with Crippen LogP contribution in [0.2, 0.25) is 0 Å². The van der Waals surface area contributed by atoms with E-state index in [2.05, 4.69) is 15.5 Å². The molecule has 2 heterocycles. The molecule has 1 fully saturated rings. The lowest BCUT2D eigenvalue weighted by Gasteiger charge is -2.27. The van der Waals surface area contributed by atoms with Crippen LogP contribution >= 0.6 is 0 Å². The summed E-state index contributed by atoms with van der Waals surface area (Å²) < 4.78 is 42.9. The number of rotatable bonds is 10. The summed E-state index contributed by atoms with van der Waals surface area (Å²) in [7, 11) is -3.73. The molecule has 0 radical (unpaired) electrons. The second kappa shape index (κ2) is 11.5. The number of nitrogens with zero attached hydrogens (tertiary/aromatic N) is 3.